The van der Waals surface area contributed by atoms with Crippen LogP contribution in [0.1, 0.15) is 15.9 Å². The molecule has 0 aliphatic carbocycles. The van der Waals surface area contributed by atoms with Gasteiger partial charge in [-0.3, -0.25) is 4.79 Å². The molecule has 0 N–H and O–H groups in total. The summed E-state index contributed by atoms with van der Waals surface area (Å²) in [5, 5.41) is 0.645. The van der Waals surface area contributed by atoms with Gasteiger partial charge in [-0.05, 0) is 36.8 Å². The van der Waals surface area contributed by atoms with Crippen LogP contribution in [-0.2, 0) is 0 Å². The van der Waals surface area contributed by atoms with Crippen molar-refractivity contribution in [1.29, 1.82) is 0 Å². The first kappa shape index (κ1) is 12.2. The van der Waals surface area contributed by atoms with Gasteiger partial charge in [0.1, 0.15) is 0 Å². The van der Waals surface area contributed by atoms with E-state index >= 15 is 0 Å². The van der Waals surface area contributed by atoms with Crippen LogP contribution in [0.25, 0.3) is 0 Å². The fourth-order valence-corrected chi connectivity index (χ4v) is 2.75. The Hall–Kier alpha value is -1.25. The van der Waals surface area contributed by atoms with Gasteiger partial charge in [0.25, 0.3) is 0 Å². The number of hydrogen-bond donors (Lipinski definition) is 0. The summed E-state index contributed by atoms with van der Waals surface area (Å²) < 4.78 is 0. The van der Waals surface area contributed by atoms with E-state index in [1.54, 1.807) is 23.9 Å². The van der Waals surface area contributed by atoms with E-state index in [0.29, 0.717) is 10.6 Å². The quantitative estimate of drug-likeness (QED) is 0.752. The van der Waals surface area contributed by atoms with Gasteiger partial charge in [0.2, 0.25) is 0 Å². The van der Waals surface area contributed by atoms with Gasteiger partial charge in [-0.25, -0.2) is 0 Å². The zero-order valence-corrected chi connectivity index (χ0v) is 10.9. The Morgan fingerprint density at radius 1 is 1.12 bits per heavy atom. The third kappa shape index (κ3) is 2.90. The molecule has 0 saturated heterocycles. The van der Waals surface area contributed by atoms with Crippen molar-refractivity contribution in [3.63, 3.8) is 0 Å². The molecule has 0 aliphatic rings. The number of aldehydes is 1. The Morgan fingerprint density at radius 3 is 2.59 bits per heavy atom. The number of carbonyl (C=O) groups is 1. The van der Waals surface area contributed by atoms with E-state index in [1.165, 1.54) is 5.56 Å². The van der Waals surface area contributed by atoms with Gasteiger partial charge in [-0.2, -0.15) is 0 Å². The zero-order chi connectivity index (χ0) is 12.3. The van der Waals surface area contributed by atoms with Gasteiger partial charge in [-0.15, -0.1) is 0 Å². The van der Waals surface area contributed by atoms with Gasteiger partial charge in [0, 0.05) is 20.4 Å². The number of benzene rings is 2. The minimum atomic E-state index is 0.645. The minimum absolute atomic E-state index is 0.645. The van der Waals surface area contributed by atoms with Crippen molar-refractivity contribution in [1.82, 2.24) is 0 Å². The SMILES string of the molecule is Cc1ccccc1Sc1cc(Cl)ccc1C=O. The number of carbonyl (C=O) groups excluding carboxylic acids is 1. The highest BCUT2D eigenvalue weighted by atomic mass is 35.5. The Morgan fingerprint density at radius 2 is 1.88 bits per heavy atom. The van der Waals surface area contributed by atoms with E-state index in [9.17, 15) is 4.79 Å². The highest BCUT2D eigenvalue weighted by molar-refractivity contribution is 7.99. The van der Waals surface area contributed by atoms with Crippen LogP contribution in [0, 0.1) is 6.92 Å². The number of aryl methyl sites for hydroxylation is 1. The molecule has 0 aliphatic heterocycles. The van der Waals surface area contributed by atoms with Crippen LogP contribution in [0.3, 0.4) is 0 Å². The maximum Gasteiger partial charge on any atom is 0.151 e. The highest BCUT2D eigenvalue weighted by Gasteiger charge is 2.06. The van der Waals surface area contributed by atoms with Crippen LogP contribution in [0.4, 0.5) is 0 Å². The Bertz CT molecular complexity index is 552. The molecule has 3 heteroatoms. The summed E-state index contributed by atoms with van der Waals surface area (Å²) in [4.78, 5) is 13.0. The molecule has 1 nitrogen and oxygen atoms in total. The number of hydrogen-bond acceptors (Lipinski definition) is 2. The van der Waals surface area contributed by atoms with Crippen molar-refractivity contribution in [2.75, 3.05) is 0 Å². The summed E-state index contributed by atoms with van der Waals surface area (Å²) in [6.45, 7) is 2.05. The first-order valence-corrected chi connectivity index (χ1v) is 6.38. The van der Waals surface area contributed by atoms with Crippen molar-refractivity contribution >= 4 is 29.6 Å². The van der Waals surface area contributed by atoms with E-state index in [-0.39, 0.29) is 0 Å². The summed E-state index contributed by atoms with van der Waals surface area (Å²) in [5.74, 6) is 0. The molecule has 0 aromatic heterocycles. The molecule has 0 fully saturated rings. The Kier molecular flexibility index (Phi) is 3.87. The monoisotopic (exact) mass is 262 g/mol. The number of rotatable bonds is 3. The second kappa shape index (κ2) is 5.39. The molecule has 0 heterocycles. The van der Waals surface area contributed by atoms with E-state index in [0.717, 1.165) is 16.1 Å². The molecule has 2 rings (SSSR count). The van der Waals surface area contributed by atoms with E-state index in [2.05, 4.69) is 0 Å². The van der Waals surface area contributed by atoms with Crippen molar-refractivity contribution in [3.8, 4) is 0 Å². The summed E-state index contributed by atoms with van der Waals surface area (Å²) in [6, 6.07) is 13.4. The van der Waals surface area contributed by atoms with E-state index < -0.39 is 0 Å². The highest BCUT2D eigenvalue weighted by Crippen LogP contribution is 2.33. The maximum atomic E-state index is 11.0. The lowest BCUT2D eigenvalue weighted by Crippen LogP contribution is -1.86. The molecule has 86 valence electrons. The normalized spacial score (nSPS) is 10.2. The smallest absolute Gasteiger partial charge is 0.151 e. The molecular weight excluding hydrogens is 252 g/mol. The molecule has 0 unspecified atom stereocenters. The lowest BCUT2D eigenvalue weighted by molar-refractivity contribution is 0.112. The minimum Gasteiger partial charge on any atom is -0.298 e. The summed E-state index contributed by atoms with van der Waals surface area (Å²) in [7, 11) is 0. The fraction of sp³-hybridized carbons (Fsp3) is 0.0714. The topological polar surface area (TPSA) is 17.1 Å². The van der Waals surface area contributed by atoms with Crippen LogP contribution in [0.15, 0.2) is 52.3 Å². The molecule has 0 spiro atoms. The van der Waals surface area contributed by atoms with Crippen LogP contribution in [0.5, 0.6) is 0 Å². The van der Waals surface area contributed by atoms with Crippen LogP contribution in [-0.4, -0.2) is 6.29 Å². The molecule has 2 aromatic rings. The summed E-state index contributed by atoms with van der Waals surface area (Å²) >= 11 is 7.51. The largest absolute Gasteiger partial charge is 0.298 e. The fourth-order valence-electron chi connectivity index (χ4n) is 1.48. The van der Waals surface area contributed by atoms with Crippen molar-refractivity contribution in [2.45, 2.75) is 16.7 Å². The standard InChI is InChI=1S/C14H11ClOS/c1-10-4-2-3-5-13(10)17-14-8-12(15)7-6-11(14)9-16/h2-9H,1H3. The van der Waals surface area contributed by atoms with Gasteiger partial charge in [-0.1, -0.05) is 41.6 Å². The first-order chi connectivity index (χ1) is 8.20. The van der Waals surface area contributed by atoms with Crippen LogP contribution < -0.4 is 0 Å². The van der Waals surface area contributed by atoms with Gasteiger partial charge in [0.15, 0.2) is 6.29 Å². The first-order valence-electron chi connectivity index (χ1n) is 5.19. The van der Waals surface area contributed by atoms with Gasteiger partial charge >= 0.3 is 0 Å². The molecule has 0 radical (unpaired) electrons. The van der Waals surface area contributed by atoms with Crippen molar-refractivity contribution < 1.29 is 4.79 Å². The lowest BCUT2D eigenvalue weighted by atomic mass is 10.2. The van der Waals surface area contributed by atoms with Crippen LogP contribution >= 0.6 is 23.4 Å². The van der Waals surface area contributed by atoms with E-state index in [1.807, 2.05) is 37.3 Å². The molecule has 0 atom stereocenters. The molecule has 17 heavy (non-hydrogen) atoms. The Labute approximate surface area is 110 Å². The Balaban J connectivity index is 2.39. The second-order valence-electron chi connectivity index (χ2n) is 3.67. The molecular formula is C14H11ClOS. The molecule has 0 saturated carbocycles. The average Bonchev–Trinajstić information content (AvgIpc) is 2.32. The molecule has 0 amide bonds. The van der Waals surface area contributed by atoms with E-state index in [4.69, 9.17) is 11.6 Å². The summed E-state index contributed by atoms with van der Waals surface area (Å²) in [5.41, 5.74) is 1.86. The van der Waals surface area contributed by atoms with Crippen molar-refractivity contribution in [2.24, 2.45) is 0 Å². The van der Waals surface area contributed by atoms with Gasteiger partial charge in [0.05, 0.1) is 0 Å². The maximum absolute atomic E-state index is 11.0. The third-order valence-electron chi connectivity index (χ3n) is 2.42. The molecule has 2 aromatic carbocycles. The average molecular weight is 263 g/mol. The second-order valence-corrected chi connectivity index (χ2v) is 5.19. The summed E-state index contributed by atoms with van der Waals surface area (Å²) in [6.07, 6.45) is 0.858. The number of halogens is 1. The predicted molar refractivity (Wildman–Crippen MR) is 72.1 cm³/mol. The van der Waals surface area contributed by atoms with Crippen LogP contribution in [0.2, 0.25) is 5.02 Å². The van der Waals surface area contributed by atoms with Gasteiger partial charge < -0.3 is 0 Å². The zero-order valence-electron chi connectivity index (χ0n) is 9.31. The van der Waals surface area contributed by atoms with Crippen molar-refractivity contribution in [3.05, 3.63) is 58.6 Å². The third-order valence-corrected chi connectivity index (χ3v) is 3.90. The molecule has 0 bridgehead atoms. The predicted octanol–water partition coefficient (Wildman–Crippen LogP) is 4.61. The lowest BCUT2D eigenvalue weighted by Gasteiger charge is -2.07.